The number of fused-ring (bicyclic) bond motifs is 6. The highest BCUT2D eigenvalue weighted by Gasteiger charge is 2.43. The van der Waals surface area contributed by atoms with Crippen LogP contribution in [0.5, 0.6) is 0 Å². The molecule has 2 aliphatic rings. The molecule has 4 aromatic rings. The molecule has 0 fully saturated rings. The third kappa shape index (κ3) is 4.17. The van der Waals surface area contributed by atoms with Crippen LogP contribution < -0.4 is 0 Å². The van der Waals surface area contributed by atoms with E-state index >= 15 is 0 Å². The van der Waals surface area contributed by atoms with Gasteiger partial charge in [0.25, 0.3) is 0 Å². The molecule has 0 heteroatoms. The van der Waals surface area contributed by atoms with Gasteiger partial charge in [0.1, 0.15) is 0 Å². The van der Waals surface area contributed by atoms with E-state index < -0.39 is 0 Å². The summed E-state index contributed by atoms with van der Waals surface area (Å²) in [6, 6.07) is 0. The Kier molecular flexibility index (Phi) is 7.96. The predicted molar refractivity (Wildman–Crippen MR) is 204 cm³/mol. The molecule has 0 N–H and O–H groups in total. The van der Waals surface area contributed by atoms with Gasteiger partial charge in [-0.1, -0.05) is 27.7 Å². The molecule has 0 atom stereocenters. The Morgan fingerprint density at radius 3 is 0.478 bits per heavy atom. The minimum Gasteiger partial charge on any atom is -0.0516 e. The summed E-state index contributed by atoms with van der Waals surface area (Å²) in [5.74, 6) is 0. The summed E-state index contributed by atoms with van der Waals surface area (Å²) >= 11 is 0. The Morgan fingerprint density at radius 1 is 0.196 bits per heavy atom. The van der Waals surface area contributed by atoms with Crippen molar-refractivity contribution in [3.05, 3.63) is 111 Å². The van der Waals surface area contributed by atoms with Gasteiger partial charge >= 0.3 is 0 Å². The molecule has 0 saturated heterocycles. The maximum Gasteiger partial charge on any atom is 0.0164 e. The Balaban J connectivity index is 0.000000181. The molecule has 0 spiro atoms. The lowest BCUT2D eigenvalue weighted by Crippen LogP contribution is -2.19. The average molecular weight is 613 g/mol. The van der Waals surface area contributed by atoms with E-state index in [0.717, 1.165) is 0 Å². The maximum atomic E-state index is 2.42. The molecule has 244 valence electrons. The van der Waals surface area contributed by atoms with Crippen LogP contribution in [0.3, 0.4) is 0 Å². The van der Waals surface area contributed by atoms with Crippen LogP contribution in [0.4, 0.5) is 0 Å². The topological polar surface area (TPSA) is 0 Å². The summed E-state index contributed by atoms with van der Waals surface area (Å²) in [7, 11) is 0. The van der Waals surface area contributed by atoms with Gasteiger partial charge in [-0.05, 0) is 244 Å². The summed E-state index contributed by atoms with van der Waals surface area (Å²) in [6.45, 7) is 46.5. The van der Waals surface area contributed by atoms with E-state index in [-0.39, 0.29) is 10.8 Å². The summed E-state index contributed by atoms with van der Waals surface area (Å²) in [6.07, 6.45) is 0. The van der Waals surface area contributed by atoms with Crippen molar-refractivity contribution in [2.45, 2.75) is 149 Å². The Labute approximate surface area is 282 Å². The quantitative estimate of drug-likeness (QED) is 0.185. The van der Waals surface area contributed by atoms with Gasteiger partial charge in [-0.15, -0.1) is 0 Å². The largest absolute Gasteiger partial charge is 0.0516 e. The molecular weight excluding hydrogens is 553 g/mol. The molecule has 0 aromatic heterocycles. The monoisotopic (exact) mass is 612 g/mol. The number of hydrogen-bond acceptors (Lipinski definition) is 0. The zero-order valence-corrected chi connectivity index (χ0v) is 33.0. The Hall–Kier alpha value is -3.12. The second kappa shape index (κ2) is 10.7. The molecule has 6 rings (SSSR count). The van der Waals surface area contributed by atoms with Crippen molar-refractivity contribution >= 4 is 0 Å². The number of rotatable bonds is 0. The minimum absolute atomic E-state index is 0.0886. The van der Waals surface area contributed by atoms with Gasteiger partial charge in [-0.2, -0.15) is 0 Å². The van der Waals surface area contributed by atoms with Crippen molar-refractivity contribution in [1.29, 1.82) is 0 Å². The second-order valence-electron chi connectivity index (χ2n) is 16.2. The smallest absolute Gasteiger partial charge is 0.0164 e. The zero-order valence-electron chi connectivity index (χ0n) is 33.0. The van der Waals surface area contributed by atoms with E-state index in [0.29, 0.717) is 0 Å². The van der Waals surface area contributed by atoms with Crippen molar-refractivity contribution in [1.82, 2.24) is 0 Å². The van der Waals surface area contributed by atoms with Crippen LogP contribution in [0.2, 0.25) is 0 Å². The molecule has 0 amide bonds. The van der Waals surface area contributed by atoms with Gasteiger partial charge in [-0.25, -0.2) is 0 Å². The van der Waals surface area contributed by atoms with Gasteiger partial charge in [0.2, 0.25) is 0 Å². The highest BCUT2D eigenvalue weighted by molar-refractivity contribution is 5.91. The molecular formula is C46H60. The highest BCUT2D eigenvalue weighted by Crippen LogP contribution is 2.57. The molecule has 0 nitrogen and oxygen atoms in total. The molecule has 0 radical (unpaired) electrons. The Morgan fingerprint density at radius 2 is 0.326 bits per heavy atom. The van der Waals surface area contributed by atoms with Crippen LogP contribution in [0.15, 0.2) is 0 Å². The summed E-state index contributed by atoms with van der Waals surface area (Å²) in [5, 5.41) is 0. The standard InChI is InChI=1S/2C23H30/c2*1-11-13(3)17(7)21-19(15(11)5)20-16(6)12(2)14(4)18(8)22(20)23(21,9)10/h2*1-10H3. The third-order valence-electron chi connectivity index (χ3n) is 13.8. The molecule has 0 aliphatic heterocycles. The fourth-order valence-electron chi connectivity index (χ4n) is 9.88. The highest BCUT2D eigenvalue weighted by atomic mass is 14.5. The number of benzene rings is 4. The van der Waals surface area contributed by atoms with E-state index in [1.807, 2.05) is 0 Å². The average Bonchev–Trinajstić information content (AvgIpc) is 3.40. The predicted octanol–water partition coefficient (Wildman–Crippen LogP) is 12.9. The fraction of sp³-hybridized carbons (Fsp3) is 0.478. The lowest BCUT2D eigenvalue weighted by molar-refractivity contribution is 0.648. The van der Waals surface area contributed by atoms with E-state index in [2.05, 4.69) is 138 Å². The van der Waals surface area contributed by atoms with Crippen LogP contribution >= 0.6 is 0 Å². The normalized spacial score (nSPS) is 14.9. The first kappa shape index (κ1) is 34.2. The first-order valence-corrected chi connectivity index (χ1v) is 17.5. The minimum atomic E-state index is 0.0886. The summed E-state index contributed by atoms with van der Waals surface area (Å²) < 4.78 is 0. The second-order valence-corrected chi connectivity index (χ2v) is 16.2. The lowest BCUT2D eigenvalue weighted by atomic mass is 9.76. The van der Waals surface area contributed by atoms with Crippen molar-refractivity contribution < 1.29 is 0 Å². The van der Waals surface area contributed by atoms with E-state index in [4.69, 9.17) is 0 Å². The van der Waals surface area contributed by atoms with Crippen molar-refractivity contribution in [2.75, 3.05) is 0 Å². The van der Waals surface area contributed by atoms with E-state index in [9.17, 15) is 0 Å². The number of hydrogen-bond donors (Lipinski definition) is 0. The van der Waals surface area contributed by atoms with Crippen molar-refractivity contribution in [2.24, 2.45) is 0 Å². The first-order chi connectivity index (χ1) is 21.1. The van der Waals surface area contributed by atoms with Crippen LogP contribution in [0.1, 0.15) is 139 Å². The van der Waals surface area contributed by atoms with Crippen molar-refractivity contribution in [3.8, 4) is 22.3 Å². The van der Waals surface area contributed by atoms with Gasteiger partial charge < -0.3 is 0 Å². The molecule has 2 aliphatic carbocycles. The van der Waals surface area contributed by atoms with E-state index in [1.54, 1.807) is 22.3 Å². The van der Waals surface area contributed by atoms with Crippen LogP contribution in [0, 0.1) is 111 Å². The molecule has 0 bridgehead atoms. The molecule has 4 aromatic carbocycles. The van der Waals surface area contributed by atoms with Crippen LogP contribution in [-0.4, -0.2) is 0 Å². The first-order valence-electron chi connectivity index (χ1n) is 17.5. The van der Waals surface area contributed by atoms with Gasteiger partial charge in [0.05, 0.1) is 0 Å². The third-order valence-corrected chi connectivity index (χ3v) is 13.8. The SMILES string of the molecule is Cc1c(C)c(C)c2c(c1C)-c1c(C)c(C)c(C)c(C)c1C2(C)C.Cc1c(C)c(C)c2c(c1C)-c1c(C)c(C)c(C)c(C)c1C2(C)C. The van der Waals surface area contributed by atoms with Crippen molar-refractivity contribution in [3.63, 3.8) is 0 Å². The maximum absolute atomic E-state index is 2.42. The van der Waals surface area contributed by atoms with Crippen LogP contribution in [-0.2, 0) is 10.8 Å². The van der Waals surface area contributed by atoms with Gasteiger partial charge in [0.15, 0.2) is 0 Å². The molecule has 46 heavy (non-hydrogen) atoms. The van der Waals surface area contributed by atoms with Gasteiger partial charge in [-0.3, -0.25) is 0 Å². The lowest BCUT2D eigenvalue weighted by Gasteiger charge is -2.28. The van der Waals surface area contributed by atoms with Crippen LogP contribution in [0.25, 0.3) is 22.3 Å². The Bertz CT molecular complexity index is 1730. The fourth-order valence-corrected chi connectivity index (χ4v) is 9.88. The van der Waals surface area contributed by atoms with E-state index in [1.165, 1.54) is 111 Å². The molecule has 0 heterocycles. The molecule has 0 saturated carbocycles. The van der Waals surface area contributed by atoms with Gasteiger partial charge in [0, 0.05) is 10.8 Å². The zero-order chi connectivity index (χ0) is 34.9. The summed E-state index contributed by atoms with van der Waals surface area (Å²) in [4.78, 5) is 0. The molecule has 0 unspecified atom stereocenters. The summed E-state index contributed by atoms with van der Waals surface area (Å²) in [5.41, 5.74) is 36.0.